The number of anilines is 2. The van der Waals surface area contributed by atoms with Crippen molar-refractivity contribution in [3.8, 4) is 0 Å². The Bertz CT molecular complexity index is 1480. The van der Waals surface area contributed by atoms with Gasteiger partial charge < -0.3 is 10.6 Å². The zero-order valence-corrected chi connectivity index (χ0v) is 17.8. The molecule has 11 heteroatoms. The van der Waals surface area contributed by atoms with Crippen molar-refractivity contribution in [1.29, 1.82) is 0 Å². The van der Waals surface area contributed by atoms with Crippen LogP contribution in [-0.2, 0) is 20.2 Å². The van der Waals surface area contributed by atoms with Gasteiger partial charge in [-0.25, -0.2) is 4.79 Å². The van der Waals surface area contributed by atoms with Crippen LogP contribution in [0.25, 0.3) is 21.5 Å². The van der Waals surface area contributed by atoms with E-state index in [1.807, 2.05) is 0 Å². The van der Waals surface area contributed by atoms with Crippen LogP contribution < -0.4 is 10.6 Å². The third-order valence-corrected chi connectivity index (χ3v) is 6.64. The summed E-state index contributed by atoms with van der Waals surface area (Å²) in [6, 6.07) is 17.1. The average Bonchev–Trinajstić information content (AvgIpc) is 2.72. The lowest BCUT2D eigenvalue weighted by molar-refractivity contribution is 0.262. The van der Waals surface area contributed by atoms with Crippen LogP contribution in [0.1, 0.15) is 0 Å². The van der Waals surface area contributed by atoms with Crippen molar-refractivity contribution in [3.05, 3.63) is 72.8 Å². The minimum Gasteiger partial charge on any atom is -0.307 e. The summed E-state index contributed by atoms with van der Waals surface area (Å²) in [6.45, 7) is 0. The lowest BCUT2D eigenvalue weighted by Gasteiger charge is -2.13. The Hall–Kier alpha value is -3.51. The van der Waals surface area contributed by atoms with Crippen LogP contribution in [0.15, 0.2) is 82.6 Å². The van der Waals surface area contributed by atoms with Gasteiger partial charge in [-0.05, 0) is 24.3 Å². The molecule has 0 atom stereocenters. The van der Waals surface area contributed by atoms with E-state index in [2.05, 4.69) is 10.6 Å². The largest absolute Gasteiger partial charge is 0.323 e. The molecule has 0 unspecified atom stereocenters. The first-order valence-electron chi connectivity index (χ1n) is 9.12. The fraction of sp³-hybridized carbons (Fsp3) is 0. The maximum Gasteiger partial charge on any atom is 0.323 e. The van der Waals surface area contributed by atoms with Gasteiger partial charge in [0.25, 0.3) is 20.2 Å². The number of fused-ring (bicyclic) bond motifs is 2. The molecule has 0 aliphatic heterocycles. The van der Waals surface area contributed by atoms with E-state index in [-0.39, 0.29) is 20.6 Å². The van der Waals surface area contributed by atoms with Crippen molar-refractivity contribution in [3.63, 3.8) is 0 Å². The molecule has 0 fully saturated rings. The van der Waals surface area contributed by atoms with E-state index < -0.39 is 26.3 Å². The first-order chi connectivity index (χ1) is 15.1. The first-order valence-corrected chi connectivity index (χ1v) is 12.0. The normalized spacial score (nSPS) is 12.1. The van der Waals surface area contributed by atoms with Crippen LogP contribution in [-0.4, -0.2) is 32.0 Å². The second kappa shape index (κ2) is 7.88. The summed E-state index contributed by atoms with van der Waals surface area (Å²) in [4.78, 5) is 12.1. The molecule has 0 aromatic heterocycles. The first kappa shape index (κ1) is 21.7. The molecule has 4 N–H and O–H groups in total. The van der Waals surface area contributed by atoms with Crippen LogP contribution in [0.3, 0.4) is 0 Å². The third-order valence-electron chi connectivity index (χ3n) is 4.82. The third kappa shape index (κ3) is 4.14. The SMILES string of the molecule is O=C(Nc1cccc2c(S(=O)(=O)O)cccc12)Nc1cccc2c(S(=O)(=O)O)cccc12. The molecule has 2 amide bonds. The quantitative estimate of drug-likeness (QED) is 0.326. The smallest absolute Gasteiger partial charge is 0.307 e. The molecule has 0 aliphatic carbocycles. The Balaban J connectivity index is 1.70. The minimum absolute atomic E-state index is 0.232. The highest BCUT2D eigenvalue weighted by atomic mass is 32.2. The number of carbonyl (C=O) groups excluding carboxylic acids is 1. The van der Waals surface area contributed by atoms with Gasteiger partial charge in [-0.2, -0.15) is 16.8 Å². The molecule has 0 radical (unpaired) electrons. The van der Waals surface area contributed by atoms with Crippen molar-refractivity contribution in [2.24, 2.45) is 0 Å². The number of hydrogen-bond acceptors (Lipinski definition) is 5. The van der Waals surface area contributed by atoms with E-state index in [0.29, 0.717) is 22.1 Å². The number of nitrogens with one attached hydrogen (secondary N) is 2. The highest BCUT2D eigenvalue weighted by Crippen LogP contribution is 2.31. The molecule has 0 bridgehead atoms. The molecule has 0 heterocycles. The number of benzene rings is 4. The molecular formula is C21H16N2O7S2. The van der Waals surface area contributed by atoms with Crippen molar-refractivity contribution in [2.75, 3.05) is 10.6 Å². The molecule has 9 nitrogen and oxygen atoms in total. The summed E-state index contributed by atoms with van der Waals surface area (Å²) in [7, 11) is -8.92. The molecule has 0 saturated carbocycles. The van der Waals surface area contributed by atoms with Crippen LogP contribution in [0.5, 0.6) is 0 Å². The number of rotatable bonds is 4. The van der Waals surface area contributed by atoms with Crippen molar-refractivity contribution in [2.45, 2.75) is 9.79 Å². The van der Waals surface area contributed by atoms with Gasteiger partial charge in [-0.1, -0.05) is 48.5 Å². The molecule has 4 aromatic rings. The van der Waals surface area contributed by atoms with Crippen LogP contribution >= 0.6 is 0 Å². The van der Waals surface area contributed by atoms with Crippen molar-refractivity contribution < 1.29 is 30.7 Å². The standard InChI is InChI=1S/C21H16N2O7S2/c24-21(22-17-9-1-7-15-13(17)5-3-11-19(15)31(25,26)27)23-18-10-2-8-16-14(18)6-4-12-20(16)32(28,29)30/h1-12H,(H2,22,23,24)(H,25,26,27)(H,28,29,30). The monoisotopic (exact) mass is 472 g/mol. The van der Waals surface area contributed by atoms with E-state index in [1.54, 1.807) is 24.3 Å². The van der Waals surface area contributed by atoms with Crippen molar-refractivity contribution in [1.82, 2.24) is 0 Å². The molecule has 164 valence electrons. The molecule has 0 spiro atoms. The second-order valence-corrected chi connectivity index (χ2v) is 9.62. The molecule has 4 aromatic carbocycles. The Morgan fingerprint density at radius 1 is 0.562 bits per heavy atom. The predicted molar refractivity (Wildman–Crippen MR) is 120 cm³/mol. The fourth-order valence-corrected chi connectivity index (χ4v) is 4.92. The highest BCUT2D eigenvalue weighted by Gasteiger charge is 2.17. The average molecular weight is 473 g/mol. The van der Waals surface area contributed by atoms with Gasteiger partial charge in [-0.3, -0.25) is 9.11 Å². The summed E-state index contributed by atoms with van der Waals surface area (Å²) in [5.74, 6) is 0. The zero-order valence-electron chi connectivity index (χ0n) is 16.2. The van der Waals surface area contributed by atoms with Crippen LogP contribution in [0, 0.1) is 0 Å². The molecule has 0 saturated heterocycles. The van der Waals surface area contributed by atoms with Gasteiger partial charge in [0.15, 0.2) is 0 Å². The molecule has 0 aliphatic rings. The lowest BCUT2D eigenvalue weighted by Crippen LogP contribution is -2.19. The van der Waals surface area contributed by atoms with Gasteiger partial charge in [0.2, 0.25) is 0 Å². The van der Waals surface area contributed by atoms with Crippen molar-refractivity contribution >= 4 is 59.2 Å². The van der Waals surface area contributed by atoms with E-state index in [0.717, 1.165) is 0 Å². The Morgan fingerprint density at radius 2 is 0.906 bits per heavy atom. The van der Waals surface area contributed by atoms with E-state index >= 15 is 0 Å². The predicted octanol–water partition coefficient (Wildman–Crippen LogP) is 4.13. The second-order valence-electron chi connectivity index (χ2n) is 6.84. The highest BCUT2D eigenvalue weighted by molar-refractivity contribution is 7.86. The van der Waals surface area contributed by atoms with E-state index in [4.69, 9.17) is 0 Å². The van der Waals surface area contributed by atoms with E-state index in [1.165, 1.54) is 48.5 Å². The van der Waals surface area contributed by atoms with Gasteiger partial charge >= 0.3 is 6.03 Å². The van der Waals surface area contributed by atoms with Gasteiger partial charge in [0, 0.05) is 21.5 Å². The molecular weight excluding hydrogens is 456 g/mol. The Labute approximate surface area is 183 Å². The van der Waals surface area contributed by atoms with Gasteiger partial charge in [0.05, 0.1) is 11.4 Å². The summed E-state index contributed by atoms with van der Waals surface area (Å²) >= 11 is 0. The lowest BCUT2D eigenvalue weighted by atomic mass is 10.1. The van der Waals surface area contributed by atoms with Crippen LogP contribution in [0.4, 0.5) is 16.2 Å². The summed E-state index contributed by atoms with van der Waals surface area (Å²) in [5, 5.41) is 6.51. The maximum absolute atomic E-state index is 12.7. The maximum atomic E-state index is 12.7. The zero-order chi connectivity index (χ0) is 23.1. The Morgan fingerprint density at radius 3 is 1.28 bits per heavy atom. The van der Waals surface area contributed by atoms with Gasteiger partial charge in [0.1, 0.15) is 9.79 Å². The molecule has 32 heavy (non-hydrogen) atoms. The van der Waals surface area contributed by atoms with Crippen LogP contribution in [0.2, 0.25) is 0 Å². The summed E-state index contributed by atoms with van der Waals surface area (Å²) < 4.78 is 65.5. The Kier molecular flexibility index (Phi) is 5.34. The summed E-state index contributed by atoms with van der Waals surface area (Å²) in [5.41, 5.74) is 0.591. The minimum atomic E-state index is -4.46. The topological polar surface area (TPSA) is 150 Å². The molecule has 4 rings (SSSR count). The number of hydrogen-bond donors (Lipinski definition) is 4. The number of amides is 2. The van der Waals surface area contributed by atoms with E-state index in [9.17, 15) is 30.7 Å². The fourth-order valence-electron chi connectivity index (χ4n) is 3.51. The number of carbonyl (C=O) groups is 1. The summed E-state index contributed by atoms with van der Waals surface area (Å²) in [6.07, 6.45) is 0. The number of urea groups is 1. The van der Waals surface area contributed by atoms with Gasteiger partial charge in [-0.15, -0.1) is 0 Å².